The van der Waals surface area contributed by atoms with E-state index < -0.39 is 0 Å². The molecule has 5 aliphatic carbocycles. The van der Waals surface area contributed by atoms with E-state index in [1.165, 1.54) is 0 Å². The molecule has 2 atom stereocenters. The van der Waals surface area contributed by atoms with Crippen molar-refractivity contribution in [3.05, 3.63) is 0 Å². The molecule has 1 heterocycles. The second kappa shape index (κ2) is 7.06. The van der Waals surface area contributed by atoms with Gasteiger partial charge in [0.2, 0.25) is 5.91 Å². The average molecular weight is 405 g/mol. The van der Waals surface area contributed by atoms with Crippen molar-refractivity contribution in [1.82, 2.24) is 10.2 Å². The van der Waals surface area contributed by atoms with E-state index in [1.54, 1.807) is 4.90 Å². The van der Waals surface area contributed by atoms with E-state index in [9.17, 15) is 14.4 Å². The largest absolute Gasteiger partial charge is 0.449 e. The zero-order chi connectivity index (χ0) is 20.2. The summed E-state index contributed by atoms with van der Waals surface area (Å²) in [6, 6.07) is 0. The van der Waals surface area contributed by atoms with Crippen molar-refractivity contribution in [3.8, 4) is 0 Å². The predicted molar refractivity (Wildman–Crippen MR) is 103 cm³/mol. The van der Waals surface area contributed by atoms with Crippen LogP contribution in [0.25, 0.3) is 0 Å². The number of hydrogen-bond acceptors (Lipinski definition) is 5. The van der Waals surface area contributed by atoms with Crippen LogP contribution in [0, 0.1) is 35.0 Å². The minimum Gasteiger partial charge on any atom is -0.449 e. The Hall–Kier alpha value is -1.99. The van der Waals surface area contributed by atoms with Crippen LogP contribution in [-0.4, -0.2) is 55.3 Å². The first-order chi connectivity index (χ1) is 13.9. The Bertz CT molecular complexity index is 686. The van der Waals surface area contributed by atoms with E-state index in [2.05, 4.69) is 5.32 Å². The molecule has 8 nitrogen and oxygen atoms in total. The molecule has 6 aliphatic rings. The predicted octanol–water partition coefficient (Wildman–Crippen LogP) is 1.87. The molecule has 3 N–H and O–H groups in total. The van der Waals surface area contributed by atoms with E-state index in [1.807, 2.05) is 0 Å². The van der Waals surface area contributed by atoms with Gasteiger partial charge in [0.15, 0.2) is 0 Å². The zero-order valence-electron chi connectivity index (χ0n) is 16.8. The van der Waals surface area contributed by atoms with Crippen LogP contribution in [0.15, 0.2) is 0 Å². The molecule has 6 fully saturated rings. The fraction of sp³-hybridized carbons (Fsp3) is 0.857. The molecule has 160 valence electrons. The summed E-state index contributed by atoms with van der Waals surface area (Å²) in [5.41, 5.74) is 5.37. The minimum atomic E-state index is -0.366. The molecular weight excluding hydrogens is 374 g/mol. The van der Waals surface area contributed by atoms with Crippen LogP contribution in [0.1, 0.15) is 44.9 Å². The number of likely N-dealkylation sites (tertiary alicyclic amines) is 1. The van der Waals surface area contributed by atoms with Crippen LogP contribution in [0.4, 0.5) is 9.59 Å². The fourth-order valence-electron chi connectivity index (χ4n) is 6.27. The SMILES string of the molecule is NC(=O)C12CC3CC(C1)C(OC(=O)N1CC(CNC(=O)OCC4CC4)C1)C(C3)C2. The monoisotopic (exact) mass is 405 g/mol. The highest BCUT2D eigenvalue weighted by Crippen LogP contribution is 2.60. The molecule has 29 heavy (non-hydrogen) atoms. The summed E-state index contributed by atoms with van der Waals surface area (Å²) in [5.74, 6) is 1.70. The number of alkyl carbamates (subject to hydrolysis) is 1. The van der Waals surface area contributed by atoms with Crippen molar-refractivity contribution >= 4 is 18.1 Å². The molecule has 8 heteroatoms. The van der Waals surface area contributed by atoms with E-state index in [4.69, 9.17) is 15.2 Å². The summed E-state index contributed by atoms with van der Waals surface area (Å²) in [4.78, 5) is 38.0. The van der Waals surface area contributed by atoms with Gasteiger partial charge in [-0.3, -0.25) is 4.79 Å². The van der Waals surface area contributed by atoms with Gasteiger partial charge >= 0.3 is 12.2 Å². The second-order valence-electron chi connectivity index (χ2n) is 10.2. The molecule has 1 saturated heterocycles. The number of primary amides is 1. The van der Waals surface area contributed by atoms with Gasteiger partial charge in [-0.05, 0) is 68.6 Å². The third kappa shape index (κ3) is 3.66. The molecule has 6 rings (SSSR count). The zero-order valence-corrected chi connectivity index (χ0v) is 16.8. The standard InChI is InChI=1S/C21H31N3O5/c22-18(25)21-5-13-3-15(6-21)17(16(4-13)7-21)29-20(27)24-9-14(10-24)8-23-19(26)28-11-12-1-2-12/h12-17H,1-11H2,(H2,22,25)(H,23,26). The van der Waals surface area contributed by atoms with Gasteiger partial charge in [0.05, 0.1) is 12.0 Å². The lowest BCUT2D eigenvalue weighted by Gasteiger charge is -2.58. The van der Waals surface area contributed by atoms with Gasteiger partial charge in [-0.2, -0.15) is 0 Å². The van der Waals surface area contributed by atoms with E-state index in [-0.39, 0.29) is 47.4 Å². The number of rotatable bonds is 6. The Morgan fingerprint density at radius 3 is 2.34 bits per heavy atom. The number of carbonyl (C=O) groups is 3. The molecule has 0 aromatic rings. The molecule has 0 radical (unpaired) electrons. The summed E-state index contributed by atoms with van der Waals surface area (Å²) in [6.45, 7) is 2.22. The number of amides is 3. The van der Waals surface area contributed by atoms with E-state index in [0.29, 0.717) is 38.1 Å². The highest BCUT2D eigenvalue weighted by molar-refractivity contribution is 5.81. The summed E-state index contributed by atoms with van der Waals surface area (Å²) in [5, 5.41) is 2.78. The topological polar surface area (TPSA) is 111 Å². The highest BCUT2D eigenvalue weighted by Gasteiger charge is 2.59. The Labute approximate surface area is 170 Å². The lowest BCUT2D eigenvalue weighted by atomic mass is 9.48. The first kappa shape index (κ1) is 19.0. The van der Waals surface area contributed by atoms with Gasteiger partial charge in [0, 0.05) is 25.6 Å². The molecule has 2 unspecified atom stereocenters. The van der Waals surface area contributed by atoms with Crippen molar-refractivity contribution < 1.29 is 23.9 Å². The van der Waals surface area contributed by atoms with Crippen LogP contribution in [-0.2, 0) is 14.3 Å². The molecule has 3 amide bonds. The van der Waals surface area contributed by atoms with E-state index >= 15 is 0 Å². The Morgan fingerprint density at radius 1 is 1.03 bits per heavy atom. The van der Waals surface area contributed by atoms with Gasteiger partial charge < -0.3 is 25.4 Å². The van der Waals surface area contributed by atoms with Crippen molar-refractivity contribution in [3.63, 3.8) is 0 Å². The Morgan fingerprint density at radius 2 is 1.72 bits per heavy atom. The number of hydrogen-bond donors (Lipinski definition) is 2. The summed E-state index contributed by atoms with van der Waals surface area (Å²) < 4.78 is 11.1. The number of carbonyl (C=O) groups excluding carboxylic acids is 3. The van der Waals surface area contributed by atoms with Gasteiger partial charge in [-0.25, -0.2) is 9.59 Å². The molecule has 0 spiro atoms. The summed E-state index contributed by atoms with van der Waals surface area (Å²) in [7, 11) is 0. The van der Waals surface area contributed by atoms with Crippen molar-refractivity contribution in [1.29, 1.82) is 0 Å². The number of nitrogens with two attached hydrogens (primary N) is 1. The van der Waals surface area contributed by atoms with Crippen LogP contribution >= 0.6 is 0 Å². The third-order valence-corrected chi connectivity index (χ3v) is 7.84. The Kier molecular flexibility index (Phi) is 4.62. The highest BCUT2D eigenvalue weighted by atomic mass is 16.6. The third-order valence-electron chi connectivity index (χ3n) is 7.84. The maximum atomic E-state index is 12.6. The van der Waals surface area contributed by atoms with Crippen molar-refractivity contribution in [2.24, 2.45) is 40.7 Å². The minimum absolute atomic E-state index is 0.0823. The Balaban J connectivity index is 1.06. The molecule has 0 aromatic carbocycles. The molecule has 5 saturated carbocycles. The first-order valence-electron chi connectivity index (χ1n) is 11.1. The molecule has 4 bridgehead atoms. The van der Waals surface area contributed by atoms with Crippen LogP contribution in [0.3, 0.4) is 0 Å². The van der Waals surface area contributed by atoms with Gasteiger partial charge in [0.1, 0.15) is 6.10 Å². The van der Waals surface area contributed by atoms with Gasteiger partial charge in [-0.15, -0.1) is 0 Å². The van der Waals surface area contributed by atoms with Gasteiger partial charge in [0.25, 0.3) is 0 Å². The molecule has 0 aromatic heterocycles. The normalized spacial score (nSPS) is 37.7. The lowest BCUT2D eigenvalue weighted by molar-refractivity contribution is -0.162. The summed E-state index contributed by atoms with van der Waals surface area (Å²) in [6.07, 6.45) is 6.13. The van der Waals surface area contributed by atoms with Crippen LogP contribution in [0.2, 0.25) is 0 Å². The quantitative estimate of drug-likeness (QED) is 0.701. The smallest absolute Gasteiger partial charge is 0.410 e. The maximum absolute atomic E-state index is 12.6. The summed E-state index contributed by atoms with van der Waals surface area (Å²) >= 11 is 0. The number of ether oxygens (including phenoxy) is 2. The van der Waals surface area contributed by atoms with Crippen molar-refractivity contribution in [2.45, 2.75) is 51.0 Å². The maximum Gasteiger partial charge on any atom is 0.410 e. The molecular formula is C21H31N3O5. The fourth-order valence-corrected chi connectivity index (χ4v) is 6.27. The van der Waals surface area contributed by atoms with Crippen molar-refractivity contribution in [2.75, 3.05) is 26.2 Å². The number of nitrogens with one attached hydrogen (secondary N) is 1. The van der Waals surface area contributed by atoms with Crippen LogP contribution < -0.4 is 11.1 Å². The van der Waals surface area contributed by atoms with E-state index in [0.717, 1.165) is 44.9 Å². The molecule has 1 aliphatic heterocycles. The average Bonchev–Trinajstić information content (AvgIpc) is 3.45. The first-order valence-corrected chi connectivity index (χ1v) is 11.1. The van der Waals surface area contributed by atoms with Gasteiger partial charge in [-0.1, -0.05) is 0 Å². The second-order valence-corrected chi connectivity index (χ2v) is 10.2. The lowest BCUT2D eigenvalue weighted by Crippen LogP contribution is -2.60. The van der Waals surface area contributed by atoms with Crippen LogP contribution in [0.5, 0.6) is 0 Å². The number of nitrogens with zero attached hydrogens (tertiary/aromatic N) is 1.